The van der Waals surface area contributed by atoms with Gasteiger partial charge in [-0.3, -0.25) is 9.59 Å². The molecular formula is C29H22FN3O4S. The number of rotatable bonds is 9. The van der Waals surface area contributed by atoms with Gasteiger partial charge in [-0.15, -0.1) is 11.3 Å². The van der Waals surface area contributed by atoms with Crippen molar-refractivity contribution in [3.8, 4) is 34.0 Å². The van der Waals surface area contributed by atoms with Crippen LogP contribution in [0, 0.1) is 12.7 Å². The lowest BCUT2D eigenvalue weighted by molar-refractivity contribution is -0.134. The molecule has 1 amide bonds. The van der Waals surface area contributed by atoms with E-state index in [1.807, 2.05) is 66.9 Å². The van der Waals surface area contributed by atoms with E-state index in [4.69, 9.17) is 9.26 Å². The minimum atomic E-state index is -0.981. The summed E-state index contributed by atoms with van der Waals surface area (Å²) in [5, 5.41) is 8.49. The molecule has 190 valence electrons. The maximum atomic E-state index is 15.0. The molecule has 5 rings (SSSR count). The fraction of sp³-hybridized carbons (Fsp3) is 0.103. The number of thiophene rings is 1. The summed E-state index contributed by atoms with van der Waals surface area (Å²) in [6.45, 7) is 2.23. The third kappa shape index (κ3) is 5.68. The summed E-state index contributed by atoms with van der Waals surface area (Å²) < 4.78 is 25.4. The van der Waals surface area contributed by atoms with Crippen molar-refractivity contribution >= 4 is 23.7 Å². The zero-order chi connectivity index (χ0) is 26.5. The smallest absolute Gasteiger partial charge is 0.295 e. The van der Waals surface area contributed by atoms with E-state index < -0.39 is 18.0 Å². The molecule has 0 saturated heterocycles. The minimum Gasteiger partial charge on any atom is -0.444 e. The Hall–Kier alpha value is -4.63. The standard InChI is InChI=1S/C29H22FN3O4S/c1-18-7-10-21(11-8-18)29-32-27(33-37-29)23-12-9-19(13-24(23)30)14-26(36-17-34)31-28(35)25-15-22(16-38-25)20-5-3-2-4-6-20/h2-13,15-17,26H,14H2,1H3,(H,31,35). The largest absolute Gasteiger partial charge is 0.444 e. The second-order valence-electron chi connectivity index (χ2n) is 8.57. The Bertz CT molecular complexity index is 1560. The van der Waals surface area contributed by atoms with Gasteiger partial charge in [0, 0.05) is 12.0 Å². The number of nitrogens with one attached hydrogen (secondary N) is 1. The fourth-order valence-corrected chi connectivity index (χ4v) is 4.70. The topological polar surface area (TPSA) is 94.3 Å². The van der Waals surface area contributed by atoms with Gasteiger partial charge in [-0.25, -0.2) is 4.39 Å². The molecule has 3 aromatic carbocycles. The highest BCUT2D eigenvalue weighted by molar-refractivity contribution is 7.12. The van der Waals surface area contributed by atoms with Gasteiger partial charge in [0.2, 0.25) is 5.82 Å². The predicted octanol–water partition coefficient (Wildman–Crippen LogP) is 6.05. The number of hydrogen-bond acceptors (Lipinski definition) is 7. The summed E-state index contributed by atoms with van der Waals surface area (Å²) >= 11 is 1.28. The fourth-order valence-electron chi connectivity index (χ4n) is 3.88. The molecule has 1 unspecified atom stereocenters. The molecule has 9 heteroatoms. The zero-order valence-electron chi connectivity index (χ0n) is 20.3. The van der Waals surface area contributed by atoms with E-state index in [9.17, 15) is 9.59 Å². The molecule has 5 aromatic rings. The van der Waals surface area contributed by atoms with Crippen LogP contribution >= 0.6 is 11.3 Å². The molecule has 38 heavy (non-hydrogen) atoms. The summed E-state index contributed by atoms with van der Waals surface area (Å²) in [6.07, 6.45) is -0.912. The van der Waals surface area contributed by atoms with E-state index >= 15 is 4.39 Å². The van der Waals surface area contributed by atoms with Crippen molar-refractivity contribution in [3.05, 3.63) is 106 Å². The summed E-state index contributed by atoms with van der Waals surface area (Å²) in [4.78, 5) is 28.7. The van der Waals surface area contributed by atoms with E-state index in [1.165, 1.54) is 23.5 Å². The van der Waals surface area contributed by atoms with Crippen molar-refractivity contribution in [2.24, 2.45) is 0 Å². The number of aryl methyl sites for hydroxylation is 1. The van der Waals surface area contributed by atoms with Crippen molar-refractivity contribution in [2.45, 2.75) is 19.6 Å². The molecule has 0 radical (unpaired) electrons. The van der Waals surface area contributed by atoms with Crippen LogP contribution in [0.4, 0.5) is 4.39 Å². The van der Waals surface area contributed by atoms with Gasteiger partial charge in [-0.05, 0) is 59.3 Å². The lowest BCUT2D eigenvalue weighted by Crippen LogP contribution is -2.38. The van der Waals surface area contributed by atoms with E-state index in [-0.39, 0.29) is 30.2 Å². The Balaban J connectivity index is 1.28. The van der Waals surface area contributed by atoms with Gasteiger partial charge in [0.15, 0.2) is 6.23 Å². The maximum Gasteiger partial charge on any atom is 0.295 e. The molecule has 0 bridgehead atoms. The molecule has 0 aliphatic heterocycles. The third-order valence-electron chi connectivity index (χ3n) is 5.86. The Morgan fingerprint density at radius 2 is 1.84 bits per heavy atom. The van der Waals surface area contributed by atoms with Gasteiger partial charge in [0.1, 0.15) is 5.82 Å². The number of amides is 1. The third-order valence-corrected chi connectivity index (χ3v) is 6.79. The molecule has 2 aromatic heterocycles. The summed E-state index contributed by atoms with van der Waals surface area (Å²) in [5.74, 6) is -0.558. The summed E-state index contributed by atoms with van der Waals surface area (Å²) in [7, 11) is 0. The van der Waals surface area contributed by atoms with Gasteiger partial charge < -0.3 is 14.6 Å². The number of carbonyl (C=O) groups is 2. The number of halogens is 1. The molecule has 1 atom stereocenters. The average molecular weight is 528 g/mol. The second-order valence-corrected chi connectivity index (χ2v) is 9.48. The quantitative estimate of drug-likeness (QED) is 0.185. The van der Waals surface area contributed by atoms with Crippen LogP contribution < -0.4 is 5.32 Å². The zero-order valence-corrected chi connectivity index (χ0v) is 21.1. The van der Waals surface area contributed by atoms with Crippen LogP contribution in [0.15, 0.2) is 88.8 Å². The van der Waals surface area contributed by atoms with Crippen molar-refractivity contribution < 1.29 is 23.2 Å². The molecule has 0 saturated carbocycles. The van der Waals surface area contributed by atoms with Crippen LogP contribution in [0.2, 0.25) is 0 Å². The monoisotopic (exact) mass is 527 g/mol. The maximum absolute atomic E-state index is 15.0. The van der Waals surface area contributed by atoms with Gasteiger partial charge in [0.05, 0.1) is 10.4 Å². The SMILES string of the molecule is Cc1ccc(-c2nc(-c3ccc(CC(NC(=O)c4cc(-c5ccccc5)cs4)OC=O)cc3F)no2)cc1. The van der Waals surface area contributed by atoms with Crippen LogP contribution in [0.25, 0.3) is 34.0 Å². The Kier molecular flexibility index (Phi) is 7.37. The number of hydrogen-bond donors (Lipinski definition) is 1. The van der Waals surface area contributed by atoms with E-state index in [2.05, 4.69) is 15.5 Å². The molecule has 1 N–H and O–H groups in total. The molecular weight excluding hydrogens is 505 g/mol. The van der Waals surface area contributed by atoms with Crippen molar-refractivity contribution in [1.29, 1.82) is 0 Å². The average Bonchev–Trinajstić information content (AvgIpc) is 3.61. The highest BCUT2D eigenvalue weighted by Gasteiger charge is 2.19. The second kappa shape index (κ2) is 11.2. The van der Waals surface area contributed by atoms with Crippen molar-refractivity contribution in [1.82, 2.24) is 15.5 Å². The van der Waals surface area contributed by atoms with E-state index in [1.54, 1.807) is 12.1 Å². The predicted molar refractivity (Wildman–Crippen MR) is 142 cm³/mol. The lowest BCUT2D eigenvalue weighted by Gasteiger charge is -2.17. The number of benzene rings is 3. The molecule has 0 aliphatic rings. The number of carbonyl (C=O) groups excluding carboxylic acids is 2. The number of aromatic nitrogens is 2. The van der Waals surface area contributed by atoms with E-state index in [0.29, 0.717) is 10.4 Å². The normalized spacial score (nSPS) is 11.6. The van der Waals surface area contributed by atoms with Crippen LogP contribution in [-0.4, -0.2) is 28.7 Å². The summed E-state index contributed by atoms with van der Waals surface area (Å²) in [6, 6.07) is 23.5. The lowest BCUT2D eigenvalue weighted by atomic mass is 10.1. The van der Waals surface area contributed by atoms with Crippen molar-refractivity contribution in [3.63, 3.8) is 0 Å². The molecule has 0 spiro atoms. The minimum absolute atomic E-state index is 0.0689. The Labute approximate surface area is 221 Å². The first kappa shape index (κ1) is 25.0. The number of nitrogens with zero attached hydrogens (tertiary/aromatic N) is 2. The van der Waals surface area contributed by atoms with Crippen LogP contribution in [0.3, 0.4) is 0 Å². The molecule has 7 nitrogen and oxygen atoms in total. The van der Waals surface area contributed by atoms with Crippen LogP contribution in [-0.2, 0) is 16.0 Å². The van der Waals surface area contributed by atoms with E-state index in [0.717, 1.165) is 22.3 Å². The molecule has 2 heterocycles. The first-order valence-electron chi connectivity index (χ1n) is 11.7. The van der Waals surface area contributed by atoms with Crippen LogP contribution in [0.1, 0.15) is 20.8 Å². The van der Waals surface area contributed by atoms with Gasteiger partial charge in [-0.2, -0.15) is 4.98 Å². The first-order chi connectivity index (χ1) is 18.5. The number of ether oxygens (including phenoxy) is 1. The van der Waals surface area contributed by atoms with Crippen LogP contribution in [0.5, 0.6) is 0 Å². The van der Waals surface area contributed by atoms with Gasteiger partial charge in [0.25, 0.3) is 18.3 Å². The first-order valence-corrected chi connectivity index (χ1v) is 12.6. The summed E-state index contributed by atoms with van der Waals surface area (Å²) in [5.41, 5.74) is 4.41. The van der Waals surface area contributed by atoms with Crippen molar-refractivity contribution in [2.75, 3.05) is 0 Å². The van der Waals surface area contributed by atoms with Gasteiger partial charge >= 0.3 is 0 Å². The Morgan fingerprint density at radius 3 is 2.58 bits per heavy atom. The highest BCUT2D eigenvalue weighted by Crippen LogP contribution is 2.27. The molecule has 0 fully saturated rings. The molecule has 0 aliphatic carbocycles. The van der Waals surface area contributed by atoms with Gasteiger partial charge in [-0.1, -0.05) is 59.3 Å². The highest BCUT2D eigenvalue weighted by atomic mass is 32.1. The Morgan fingerprint density at radius 1 is 1.05 bits per heavy atom.